The molecule has 7 rings (SSSR count). The Labute approximate surface area is 278 Å². The maximum absolute atomic E-state index is 6.51. The van der Waals surface area contributed by atoms with E-state index in [4.69, 9.17) is 14.8 Å². The molecule has 0 saturated heterocycles. The molecule has 0 fully saturated rings. The van der Waals surface area contributed by atoms with Gasteiger partial charge in [0.1, 0.15) is 5.82 Å². The van der Waals surface area contributed by atoms with Crippen LogP contribution in [-0.4, -0.2) is 19.3 Å². The standard InChI is InChI=1S/C39H34N4O.Pt/c1-6-28-16-17-40-38(18-28)43-36-13-8-7-12-34(36)35-15-14-32(22-37(35)43)44-33-20-29(25(2)3)19-31(21-33)42-24-30(23-41-42)39-26(4)10-9-11-27(39)5;/h7-20,23-25H,6H2,1-5H3;/q-2;+2. The summed E-state index contributed by atoms with van der Waals surface area (Å²) in [6.45, 7) is 10.8. The zero-order valence-corrected chi connectivity index (χ0v) is 28.3. The summed E-state index contributed by atoms with van der Waals surface area (Å²) in [6, 6.07) is 34.3. The summed E-state index contributed by atoms with van der Waals surface area (Å²) in [5.74, 6) is 2.41. The van der Waals surface area contributed by atoms with Crippen LogP contribution >= 0.6 is 0 Å². The Morgan fingerprint density at radius 2 is 1.64 bits per heavy atom. The van der Waals surface area contributed by atoms with Gasteiger partial charge in [-0.25, -0.2) is 4.98 Å². The SMILES string of the molecule is CCc1ccnc(-n2c3[c-]c(Oc4[c-]c(-n5cc(-c6c(C)cccc6C)cn5)cc(C(C)C)c4)ccc3c3ccccc32)c1.[Pt+2]. The van der Waals surface area contributed by atoms with Crippen molar-refractivity contribution in [3.05, 3.63) is 132 Å². The van der Waals surface area contributed by atoms with Gasteiger partial charge in [0.15, 0.2) is 0 Å². The third-order valence-corrected chi connectivity index (χ3v) is 8.34. The number of fused-ring (bicyclic) bond motifs is 3. The van der Waals surface area contributed by atoms with Crippen LogP contribution in [0.2, 0.25) is 0 Å². The number of aryl methyl sites for hydroxylation is 3. The Morgan fingerprint density at radius 3 is 2.42 bits per heavy atom. The first kappa shape index (κ1) is 30.6. The summed E-state index contributed by atoms with van der Waals surface area (Å²) in [4.78, 5) is 4.74. The van der Waals surface area contributed by atoms with Crippen molar-refractivity contribution in [3.8, 4) is 34.1 Å². The topological polar surface area (TPSA) is 44.9 Å². The van der Waals surface area contributed by atoms with Crippen LogP contribution in [-0.2, 0) is 27.5 Å². The molecule has 0 aliphatic carbocycles. The molecule has 0 unspecified atom stereocenters. The van der Waals surface area contributed by atoms with E-state index in [1.165, 1.54) is 22.3 Å². The van der Waals surface area contributed by atoms with Crippen molar-refractivity contribution < 1.29 is 25.8 Å². The van der Waals surface area contributed by atoms with E-state index in [1.807, 2.05) is 23.1 Å². The molecule has 5 nitrogen and oxygen atoms in total. The number of pyridine rings is 1. The van der Waals surface area contributed by atoms with Gasteiger partial charge in [-0.3, -0.25) is 4.68 Å². The van der Waals surface area contributed by atoms with E-state index in [2.05, 4.69) is 130 Å². The van der Waals surface area contributed by atoms with Crippen molar-refractivity contribution in [2.24, 2.45) is 0 Å². The zero-order chi connectivity index (χ0) is 30.4. The maximum Gasteiger partial charge on any atom is 2.00 e. The Kier molecular flexibility index (Phi) is 8.48. The van der Waals surface area contributed by atoms with Gasteiger partial charge in [-0.15, -0.1) is 41.3 Å². The van der Waals surface area contributed by atoms with Crippen LogP contribution in [0.5, 0.6) is 11.5 Å². The molecule has 0 radical (unpaired) electrons. The van der Waals surface area contributed by atoms with Gasteiger partial charge in [0.05, 0.1) is 6.20 Å². The molecule has 0 aliphatic rings. The first-order chi connectivity index (χ1) is 21.4. The second-order valence-corrected chi connectivity index (χ2v) is 11.7. The molecule has 6 heteroatoms. The summed E-state index contributed by atoms with van der Waals surface area (Å²) >= 11 is 0. The summed E-state index contributed by atoms with van der Waals surface area (Å²) in [7, 11) is 0. The number of hydrogen-bond acceptors (Lipinski definition) is 3. The molecule has 3 aromatic heterocycles. The molecule has 4 aromatic carbocycles. The summed E-state index contributed by atoms with van der Waals surface area (Å²) < 4.78 is 10.6. The van der Waals surface area contributed by atoms with Crippen molar-refractivity contribution >= 4 is 21.8 Å². The Balaban J connectivity index is 0.00000357. The first-order valence-corrected chi connectivity index (χ1v) is 15.2. The Morgan fingerprint density at radius 1 is 0.844 bits per heavy atom. The van der Waals surface area contributed by atoms with Crippen molar-refractivity contribution in [2.45, 2.75) is 47.0 Å². The second kappa shape index (κ2) is 12.5. The van der Waals surface area contributed by atoms with Crippen LogP contribution in [0.4, 0.5) is 0 Å². The Hall–Kier alpha value is -4.47. The van der Waals surface area contributed by atoms with E-state index in [0.717, 1.165) is 50.9 Å². The fourth-order valence-corrected chi connectivity index (χ4v) is 6.01. The number of aromatic nitrogens is 4. The normalized spacial score (nSPS) is 11.3. The number of nitrogens with zero attached hydrogens (tertiary/aromatic N) is 4. The van der Waals surface area contributed by atoms with E-state index in [9.17, 15) is 0 Å². The summed E-state index contributed by atoms with van der Waals surface area (Å²) in [5, 5.41) is 6.99. The number of rotatable bonds is 7. The van der Waals surface area contributed by atoms with E-state index in [1.54, 1.807) is 0 Å². The van der Waals surface area contributed by atoms with Gasteiger partial charge in [-0.05, 0) is 77.7 Å². The van der Waals surface area contributed by atoms with Crippen LogP contribution in [0.3, 0.4) is 0 Å². The van der Waals surface area contributed by atoms with Gasteiger partial charge in [0.25, 0.3) is 0 Å². The number of hydrogen-bond donors (Lipinski definition) is 0. The fourth-order valence-electron chi connectivity index (χ4n) is 6.01. The molecule has 45 heavy (non-hydrogen) atoms. The maximum atomic E-state index is 6.51. The predicted molar refractivity (Wildman–Crippen MR) is 178 cm³/mol. The van der Waals surface area contributed by atoms with Gasteiger partial charge in [0.2, 0.25) is 0 Å². The van der Waals surface area contributed by atoms with Crippen LogP contribution < -0.4 is 4.74 Å². The van der Waals surface area contributed by atoms with Gasteiger partial charge >= 0.3 is 21.1 Å². The van der Waals surface area contributed by atoms with E-state index < -0.39 is 0 Å². The molecule has 226 valence electrons. The smallest absolute Gasteiger partial charge is 0.509 e. The van der Waals surface area contributed by atoms with E-state index in [0.29, 0.717) is 17.4 Å². The van der Waals surface area contributed by atoms with Crippen LogP contribution in [0.15, 0.2) is 97.5 Å². The molecule has 0 aliphatic heterocycles. The number of benzene rings is 4. The third-order valence-electron chi connectivity index (χ3n) is 8.34. The van der Waals surface area contributed by atoms with Gasteiger partial charge in [0, 0.05) is 35.0 Å². The molecule has 0 bridgehead atoms. The van der Waals surface area contributed by atoms with Gasteiger partial charge in [-0.2, -0.15) is 11.2 Å². The summed E-state index contributed by atoms with van der Waals surface area (Å²) in [5.41, 5.74) is 9.99. The molecule has 0 spiro atoms. The predicted octanol–water partition coefficient (Wildman–Crippen LogP) is 9.72. The Bertz CT molecular complexity index is 2140. The molecule has 0 amide bonds. The molecule has 7 aromatic rings. The molecular weight excluding hydrogens is 736 g/mol. The average molecular weight is 770 g/mol. The minimum atomic E-state index is 0. The van der Waals surface area contributed by atoms with Gasteiger partial charge in [-0.1, -0.05) is 62.7 Å². The van der Waals surface area contributed by atoms with Crippen LogP contribution in [0.1, 0.15) is 48.9 Å². The van der Waals surface area contributed by atoms with Crippen molar-refractivity contribution in [1.29, 1.82) is 0 Å². The monoisotopic (exact) mass is 769 g/mol. The molecular formula is C39H34N4OPt. The van der Waals surface area contributed by atoms with Gasteiger partial charge < -0.3 is 9.30 Å². The number of ether oxygens (including phenoxy) is 1. The first-order valence-electron chi connectivity index (χ1n) is 15.2. The largest absolute Gasteiger partial charge is 2.00 e. The van der Waals surface area contributed by atoms with E-state index in [-0.39, 0.29) is 21.1 Å². The molecule has 0 N–H and O–H groups in total. The average Bonchev–Trinajstić information content (AvgIpc) is 3.64. The van der Waals surface area contributed by atoms with Crippen LogP contribution in [0.25, 0.3) is 44.4 Å². The zero-order valence-electron chi connectivity index (χ0n) is 26.0. The van der Waals surface area contributed by atoms with Crippen molar-refractivity contribution in [1.82, 2.24) is 19.3 Å². The third kappa shape index (κ3) is 5.73. The van der Waals surface area contributed by atoms with Crippen molar-refractivity contribution in [3.63, 3.8) is 0 Å². The fraction of sp³-hybridized carbons (Fsp3) is 0.179. The van der Waals surface area contributed by atoms with Crippen molar-refractivity contribution in [2.75, 3.05) is 0 Å². The second-order valence-electron chi connectivity index (χ2n) is 11.7. The quantitative estimate of drug-likeness (QED) is 0.152. The van der Waals surface area contributed by atoms with E-state index >= 15 is 0 Å². The molecule has 3 heterocycles. The molecule has 0 saturated carbocycles. The minimum absolute atomic E-state index is 0. The summed E-state index contributed by atoms with van der Waals surface area (Å²) in [6.07, 6.45) is 6.82. The number of para-hydroxylation sites is 1. The van der Waals surface area contributed by atoms with Crippen LogP contribution in [0, 0.1) is 26.0 Å². The minimum Gasteiger partial charge on any atom is -0.509 e. The molecule has 0 atom stereocenters.